The third-order valence-corrected chi connectivity index (χ3v) is 7.44. The van der Waals surface area contributed by atoms with E-state index in [1.54, 1.807) is 11.0 Å². The van der Waals surface area contributed by atoms with Gasteiger partial charge in [0.05, 0.1) is 25.5 Å². The molecular formula is C25H35F3N2O4. The van der Waals surface area contributed by atoms with Crippen molar-refractivity contribution >= 4 is 5.91 Å². The third-order valence-electron chi connectivity index (χ3n) is 7.44. The summed E-state index contributed by atoms with van der Waals surface area (Å²) < 4.78 is 57.8. The standard InChI is InChI=1S/C25H35F3N2O4/c1-3-8-18-19-15-34-23(2,25(26,27)28)20(19)9-10-21(18)33-14-7-6-13-30-17-32-16-29-24(22(30)31)11-4-5-12-24/h9-10,29H,3-8,11-17H2,1-2H3. The second kappa shape index (κ2) is 10.0. The Labute approximate surface area is 199 Å². The number of halogens is 3. The molecular weight excluding hydrogens is 449 g/mol. The SMILES string of the molecule is CCCc1c(OCCCCN2COCNC3(CCCC3)C2=O)ccc2c1COC2(C)C(F)(F)F. The van der Waals surface area contributed by atoms with Crippen LogP contribution in [0, 0.1) is 0 Å². The number of hydrogen-bond acceptors (Lipinski definition) is 5. The van der Waals surface area contributed by atoms with Gasteiger partial charge in [-0.15, -0.1) is 0 Å². The Balaban J connectivity index is 1.35. The van der Waals surface area contributed by atoms with Crippen molar-refractivity contribution in [3.8, 4) is 5.75 Å². The third kappa shape index (κ3) is 4.66. The monoisotopic (exact) mass is 484 g/mol. The van der Waals surface area contributed by atoms with E-state index in [4.69, 9.17) is 14.2 Å². The number of fused-ring (bicyclic) bond motifs is 1. The fourth-order valence-electron chi connectivity index (χ4n) is 5.38. The van der Waals surface area contributed by atoms with Crippen LogP contribution in [0.3, 0.4) is 0 Å². The molecule has 1 atom stereocenters. The zero-order chi connectivity index (χ0) is 24.4. The van der Waals surface area contributed by atoms with Crippen LogP contribution in [-0.4, -0.2) is 49.1 Å². The Bertz CT molecular complexity index is 886. The number of unbranched alkanes of at least 4 members (excludes halogenated alkanes) is 1. The Hall–Kier alpha value is -1.84. The highest BCUT2D eigenvalue weighted by atomic mass is 19.4. The number of carbonyl (C=O) groups excluding carboxylic acids is 1. The second-order valence-electron chi connectivity index (χ2n) is 9.71. The Morgan fingerprint density at radius 1 is 1.21 bits per heavy atom. The maximum absolute atomic E-state index is 13.6. The van der Waals surface area contributed by atoms with E-state index in [0.29, 0.717) is 37.6 Å². The number of alkyl halides is 3. The van der Waals surface area contributed by atoms with Crippen molar-refractivity contribution in [2.75, 3.05) is 26.6 Å². The van der Waals surface area contributed by atoms with Crippen molar-refractivity contribution in [2.24, 2.45) is 0 Å². The van der Waals surface area contributed by atoms with Crippen molar-refractivity contribution in [3.63, 3.8) is 0 Å². The Morgan fingerprint density at radius 3 is 2.68 bits per heavy atom. The van der Waals surface area contributed by atoms with E-state index in [2.05, 4.69) is 5.32 Å². The summed E-state index contributed by atoms with van der Waals surface area (Å²) in [5.41, 5.74) is -1.17. The lowest BCUT2D eigenvalue weighted by Gasteiger charge is -2.31. The van der Waals surface area contributed by atoms with E-state index in [0.717, 1.165) is 57.4 Å². The molecule has 34 heavy (non-hydrogen) atoms. The molecule has 2 fully saturated rings. The van der Waals surface area contributed by atoms with Crippen LogP contribution in [0.2, 0.25) is 0 Å². The number of nitrogens with zero attached hydrogens (tertiary/aromatic N) is 1. The maximum Gasteiger partial charge on any atom is 0.421 e. The average Bonchev–Trinajstić information content (AvgIpc) is 3.38. The summed E-state index contributed by atoms with van der Waals surface area (Å²) in [6.45, 7) is 4.72. The molecule has 0 aromatic heterocycles. The number of nitrogens with one attached hydrogen (secondary N) is 1. The number of carbonyl (C=O) groups is 1. The van der Waals surface area contributed by atoms with Gasteiger partial charge in [-0.3, -0.25) is 10.1 Å². The van der Waals surface area contributed by atoms with Gasteiger partial charge in [-0.2, -0.15) is 13.2 Å². The van der Waals surface area contributed by atoms with Gasteiger partial charge in [0.25, 0.3) is 0 Å². The van der Waals surface area contributed by atoms with E-state index in [1.165, 1.54) is 6.07 Å². The molecule has 9 heteroatoms. The quantitative estimate of drug-likeness (QED) is 0.538. The molecule has 1 amide bonds. The maximum atomic E-state index is 13.6. The normalized spacial score (nSPS) is 24.5. The molecule has 0 bridgehead atoms. The second-order valence-corrected chi connectivity index (χ2v) is 9.71. The van der Waals surface area contributed by atoms with Gasteiger partial charge in [0.2, 0.25) is 5.91 Å². The number of amides is 1. The smallest absolute Gasteiger partial charge is 0.421 e. The predicted molar refractivity (Wildman–Crippen MR) is 120 cm³/mol. The lowest BCUT2D eigenvalue weighted by Crippen LogP contribution is -2.54. The van der Waals surface area contributed by atoms with Crippen LogP contribution >= 0.6 is 0 Å². The van der Waals surface area contributed by atoms with E-state index in [-0.39, 0.29) is 24.8 Å². The van der Waals surface area contributed by atoms with Gasteiger partial charge < -0.3 is 19.1 Å². The first kappa shape index (κ1) is 25.3. The van der Waals surface area contributed by atoms with Crippen molar-refractivity contribution < 1.29 is 32.2 Å². The van der Waals surface area contributed by atoms with Gasteiger partial charge in [0.15, 0.2) is 5.60 Å². The molecule has 2 heterocycles. The van der Waals surface area contributed by atoms with Crippen molar-refractivity contribution in [1.29, 1.82) is 0 Å². The molecule has 1 spiro atoms. The zero-order valence-corrected chi connectivity index (χ0v) is 20.1. The minimum Gasteiger partial charge on any atom is -0.493 e. The van der Waals surface area contributed by atoms with E-state index in [9.17, 15) is 18.0 Å². The topological polar surface area (TPSA) is 60.0 Å². The van der Waals surface area contributed by atoms with Crippen molar-refractivity contribution in [3.05, 3.63) is 28.8 Å². The zero-order valence-electron chi connectivity index (χ0n) is 20.1. The van der Waals surface area contributed by atoms with E-state index >= 15 is 0 Å². The molecule has 6 nitrogen and oxygen atoms in total. The minimum atomic E-state index is -4.48. The predicted octanol–water partition coefficient (Wildman–Crippen LogP) is 4.78. The van der Waals surface area contributed by atoms with E-state index < -0.39 is 17.3 Å². The van der Waals surface area contributed by atoms with Crippen LogP contribution in [0.1, 0.15) is 75.5 Å². The summed E-state index contributed by atoms with van der Waals surface area (Å²) in [7, 11) is 0. The highest BCUT2D eigenvalue weighted by molar-refractivity contribution is 5.86. The van der Waals surface area contributed by atoms with Crippen LogP contribution in [0.15, 0.2) is 12.1 Å². The van der Waals surface area contributed by atoms with Gasteiger partial charge in [0, 0.05) is 12.1 Å². The van der Waals surface area contributed by atoms with Gasteiger partial charge in [-0.1, -0.05) is 32.3 Å². The summed E-state index contributed by atoms with van der Waals surface area (Å²) in [5, 5.41) is 3.29. The number of hydrogen-bond donors (Lipinski definition) is 1. The van der Waals surface area contributed by atoms with Crippen LogP contribution in [-0.2, 0) is 32.9 Å². The average molecular weight is 485 g/mol. The highest BCUT2D eigenvalue weighted by Crippen LogP contribution is 2.50. The number of ether oxygens (including phenoxy) is 3. The van der Waals surface area contributed by atoms with Crippen molar-refractivity contribution in [2.45, 2.75) is 89.1 Å². The lowest BCUT2D eigenvalue weighted by atomic mass is 9.89. The molecule has 1 saturated carbocycles. The minimum absolute atomic E-state index is 0.0647. The first-order valence-electron chi connectivity index (χ1n) is 12.3. The first-order valence-corrected chi connectivity index (χ1v) is 12.3. The van der Waals surface area contributed by atoms with Crippen LogP contribution < -0.4 is 10.1 Å². The summed E-state index contributed by atoms with van der Waals surface area (Å²) in [5.74, 6) is 0.749. The molecule has 1 aromatic rings. The molecule has 4 rings (SSSR count). The molecule has 2 aliphatic heterocycles. The van der Waals surface area contributed by atoms with Gasteiger partial charge in [0.1, 0.15) is 12.5 Å². The Morgan fingerprint density at radius 2 is 1.97 bits per heavy atom. The van der Waals surface area contributed by atoms with E-state index in [1.807, 2.05) is 6.92 Å². The van der Waals surface area contributed by atoms with Crippen LogP contribution in [0.4, 0.5) is 13.2 Å². The molecule has 3 aliphatic rings. The molecule has 1 N–H and O–H groups in total. The van der Waals surface area contributed by atoms with Crippen LogP contribution in [0.5, 0.6) is 5.75 Å². The highest BCUT2D eigenvalue weighted by Gasteiger charge is 2.57. The van der Waals surface area contributed by atoms with Gasteiger partial charge in [-0.05, 0) is 56.2 Å². The molecule has 190 valence electrons. The lowest BCUT2D eigenvalue weighted by molar-refractivity contribution is -0.272. The Kier molecular flexibility index (Phi) is 7.45. The van der Waals surface area contributed by atoms with Crippen LogP contribution in [0.25, 0.3) is 0 Å². The summed E-state index contributed by atoms with van der Waals surface area (Å²) >= 11 is 0. The molecule has 1 aromatic carbocycles. The summed E-state index contributed by atoms with van der Waals surface area (Å²) in [6, 6.07) is 3.13. The number of benzene rings is 1. The summed E-state index contributed by atoms with van der Waals surface area (Å²) in [6.07, 6.45) is 2.23. The number of rotatable bonds is 8. The molecule has 1 unspecified atom stereocenters. The largest absolute Gasteiger partial charge is 0.493 e. The summed E-state index contributed by atoms with van der Waals surface area (Å²) in [4.78, 5) is 14.9. The van der Waals surface area contributed by atoms with Gasteiger partial charge >= 0.3 is 6.18 Å². The molecule has 1 aliphatic carbocycles. The fourth-order valence-corrected chi connectivity index (χ4v) is 5.38. The van der Waals surface area contributed by atoms with Crippen molar-refractivity contribution in [1.82, 2.24) is 10.2 Å². The fraction of sp³-hybridized carbons (Fsp3) is 0.720. The van der Waals surface area contributed by atoms with Gasteiger partial charge in [-0.25, -0.2) is 0 Å². The molecule has 1 saturated heterocycles. The molecule has 0 radical (unpaired) electrons. The first-order chi connectivity index (χ1) is 16.2.